The third-order valence-electron chi connectivity index (χ3n) is 2.82. The summed E-state index contributed by atoms with van der Waals surface area (Å²) in [6.45, 7) is 1.42. The zero-order valence-electron chi connectivity index (χ0n) is 12.2. The Hall–Kier alpha value is -2.19. The van der Waals surface area contributed by atoms with Gasteiger partial charge in [0.15, 0.2) is 0 Å². The van der Waals surface area contributed by atoms with E-state index in [1.807, 2.05) is 0 Å². The first-order chi connectivity index (χ1) is 9.93. The van der Waals surface area contributed by atoms with Crippen LogP contribution in [-0.2, 0) is 16.1 Å². The third-order valence-corrected chi connectivity index (χ3v) is 2.82. The molecule has 0 heterocycles. The van der Waals surface area contributed by atoms with Gasteiger partial charge in [0.25, 0.3) is 5.69 Å². The molecule has 0 aliphatic heterocycles. The Morgan fingerprint density at radius 2 is 2.24 bits per heavy atom. The van der Waals surface area contributed by atoms with E-state index < -0.39 is 4.92 Å². The number of rotatable bonds is 8. The fourth-order valence-corrected chi connectivity index (χ4v) is 1.78. The predicted molar refractivity (Wildman–Crippen MR) is 78.7 cm³/mol. The topological polar surface area (TPSA) is 111 Å². The molecule has 21 heavy (non-hydrogen) atoms. The molecule has 0 aliphatic carbocycles. The molecule has 0 radical (unpaired) electrons. The molecule has 1 rings (SSSR count). The van der Waals surface area contributed by atoms with E-state index >= 15 is 0 Å². The van der Waals surface area contributed by atoms with Crippen LogP contribution in [0.1, 0.15) is 5.56 Å². The number of benzene rings is 1. The predicted octanol–water partition coefficient (Wildman–Crippen LogP) is 0.371. The van der Waals surface area contributed by atoms with Crippen molar-refractivity contribution in [1.29, 1.82) is 0 Å². The van der Waals surface area contributed by atoms with Crippen molar-refractivity contribution in [1.82, 2.24) is 10.2 Å². The summed E-state index contributed by atoms with van der Waals surface area (Å²) in [6, 6.07) is 4.28. The number of non-ortho nitro benzene ring substituents is 1. The summed E-state index contributed by atoms with van der Waals surface area (Å²) in [4.78, 5) is 23.6. The molecule has 0 aliphatic rings. The van der Waals surface area contributed by atoms with Crippen LogP contribution in [0.5, 0.6) is 0 Å². The smallest absolute Gasteiger partial charge is 0.269 e. The maximum absolute atomic E-state index is 11.6. The molecular weight excluding hydrogens is 276 g/mol. The summed E-state index contributed by atoms with van der Waals surface area (Å²) in [5, 5.41) is 13.4. The minimum absolute atomic E-state index is 0.0165. The van der Waals surface area contributed by atoms with E-state index in [2.05, 4.69) is 5.32 Å². The van der Waals surface area contributed by atoms with E-state index in [4.69, 9.17) is 10.5 Å². The Morgan fingerprint density at radius 1 is 1.52 bits per heavy atom. The second-order valence-electron chi connectivity index (χ2n) is 4.66. The van der Waals surface area contributed by atoms with Gasteiger partial charge in [-0.3, -0.25) is 19.8 Å². The molecule has 0 unspecified atom stereocenters. The van der Waals surface area contributed by atoms with Crippen LogP contribution in [0.3, 0.4) is 0 Å². The number of likely N-dealkylation sites (N-methyl/N-ethyl adjacent to an activating group) is 1. The van der Waals surface area contributed by atoms with Crippen molar-refractivity contribution >= 4 is 17.3 Å². The van der Waals surface area contributed by atoms with E-state index in [0.717, 1.165) is 0 Å². The van der Waals surface area contributed by atoms with E-state index in [1.54, 1.807) is 19.1 Å². The van der Waals surface area contributed by atoms with Gasteiger partial charge in [0.1, 0.15) is 0 Å². The molecule has 8 heteroatoms. The number of ether oxygens (including phenoxy) is 1. The number of nitrogen functional groups attached to an aromatic ring is 1. The van der Waals surface area contributed by atoms with Gasteiger partial charge in [0, 0.05) is 38.0 Å². The minimum Gasteiger partial charge on any atom is -0.398 e. The molecule has 1 aromatic rings. The highest BCUT2D eigenvalue weighted by atomic mass is 16.6. The van der Waals surface area contributed by atoms with Crippen LogP contribution < -0.4 is 11.1 Å². The number of nitro groups is 1. The zero-order valence-corrected chi connectivity index (χ0v) is 12.2. The molecule has 8 nitrogen and oxygen atoms in total. The second-order valence-corrected chi connectivity index (χ2v) is 4.66. The molecule has 0 saturated carbocycles. The molecule has 0 bridgehead atoms. The van der Waals surface area contributed by atoms with Gasteiger partial charge in [-0.2, -0.15) is 0 Å². The fraction of sp³-hybridized carbons (Fsp3) is 0.462. The fourth-order valence-electron chi connectivity index (χ4n) is 1.78. The highest BCUT2D eigenvalue weighted by Crippen LogP contribution is 2.20. The van der Waals surface area contributed by atoms with Crippen molar-refractivity contribution in [3.05, 3.63) is 33.9 Å². The average Bonchev–Trinajstić information content (AvgIpc) is 2.41. The highest BCUT2D eigenvalue weighted by molar-refractivity contribution is 5.78. The van der Waals surface area contributed by atoms with Gasteiger partial charge in [-0.05, 0) is 18.7 Å². The lowest BCUT2D eigenvalue weighted by Gasteiger charge is -2.17. The summed E-state index contributed by atoms with van der Waals surface area (Å²) in [5.41, 5.74) is 6.87. The van der Waals surface area contributed by atoms with E-state index in [1.165, 1.54) is 18.2 Å². The van der Waals surface area contributed by atoms with Gasteiger partial charge < -0.3 is 15.8 Å². The van der Waals surface area contributed by atoms with Crippen LogP contribution in [0.25, 0.3) is 0 Å². The number of anilines is 1. The van der Waals surface area contributed by atoms with E-state index in [9.17, 15) is 14.9 Å². The number of nitrogens with zero attached hydrogens (tertiary/aromatic N) is 2. The molecule has 0 aromatic heterocycles. The number of nitrogens with two attached hydrogens (primary N) is 1. The number of hydrogen-bond donors (Lipinski definition) is 2. The lowest BCUT2D eigenvalue weighted by molar-refractivity contribution is -0.384. The number of nitrogens with one attached hydrogen (secondary N) is 1. The minimum atomic E-state index is -0.472. The van der Waals surface area contributed by atoms with Gasteiger partial charge in [-0.15, -0.1) is 0 Å². The first kappa shape index (κ1) is 16.9. The quantitative estimate of drug-likeness (QED) is 0.310. The number of hydrogen-bond acceptors (Lipinski definition) is 6. The van der Waals surface area contributed by atoms with Crippen LogP contribution in [0.2, 0.25) is 0 Å². The molecular formula is C13H20N4O4. The summed E-state index contributed by atoms with van der Waals surface area (Å²) in [5.74, 6) is -0.140. The summed E-state index contributed by atoms with van der Waals surface area (Å²) in [7, 11) is 3.30. The SMILES string of the molecule is COCCNC(=O)CN(C)Cc1cc([N+](=O)[O-])ccc1N. The number of carbonyl (C=O) groups excluding carboxylic acids is 1. The Kier molecular flexibility index (Phi) is 6.57. The monoisotopic (exact) mass is 296 g/mol. The molecule has 0 saturated heterocycles. The van der Waals surface area contributed by atoms with Crippen LogP contribution in [0.15, 0.2) is 18.2 Å². The molecule has 0 fully saturated rings. The third kappa shape index (κ3) is 5.76. The average molecular weight is 296 g/mol. The van der Waals surface area contributed by atoms with Gasteiger partial charge in [-0.1, -0.05) is 0 Å². The van der Waals surface area contributed by atoms with Gasteiger partial charge >= 0.3 is 0 Å². The van der Waals surface area contributed by atoms with E-state index in [-0.39, 0.29) is 18.1 Å². The zero-order chi connectivity index (χ0) is 15.8. The van der Waals surface area contributed by atoms with Crippen molar-refractivity contribution in [3.63, 3.8) is 0 Å². The Morgan fingerprint density at radius 3 is 2.86 bits per heavy atom. The summed E-state index contributed by atoms with van der Waals surface area (Å²) < 4.78 is 4.84. The molecule has 3 N–H and O–H groups in total. The first-order valence-corrected chi connectivity index (χ1v) is 6.41. The highest BCUT2D eigenvalue weighted by Gasteiger charge is 2.12. The van der Waals surface area contributed by atoms with Crippen LogP contribution in [-0.4, -0.2) is 49.6 Å². The van der Waals surface area contributed by atoms with Crippen molar-refractivity contribution < 1.29 is 14.5 Å². The largest absolute Gasteiger partial charge is 0.398 e. The Labute approximate surface area is 123 Å². The van der Waals surface area contributed by atoms with Crippen LogP contribution >= 0.6 is 0 Å². The molecule has 0 spiro atoms. The van der Waals surface area contributed by atoms with Gasteiger partial charge in [0.2, 0.25) is 5.91 Å². The molecule has 0 atom stereocenters. The number of amides is 1. The standard InChI is InChI=1S/C13H20N4O4/c1-16(9-13(18)15-5-6-21-2)8-10-7-11(17(19)20)3-4-12(10)14/h3-4,7H,5-6,8-9,14H2,1-2H3,(H,15,18). The van der Waals surface area contributed by atoms with Crippen molar-refractivity contribution in [2.24, 2.45) is 0 Å². The van der Waals surface area contributed by atoms with Crippen molar-refractivity contribution in [2.75, 3.05) is 39.6 Å². The Balaban J connectivity index is 2.58. The second kappa shape index (κ2) is 8.18. The number of nitro benzene ring substituents is 1. The normalized spacial score (nSPS) is 10.6. The van der Waals surface area contributed by atoms with Crippen LogP contribution in [0, 0.1) is 10.1 Å². The van der Waals surface area contributed by atoms with Gasteiger partial charge in [-0.25, -0.2) is 0 Å². The van der Waals surface area contributed by atoms with E-state index in [0.29, 0.717) is 30.9 Å². The maximum atomic E-state index is 11.6. The maximum Gasteiger partial charge on any atom is 0.269 e. The lowest BCUT2D eigenvalue weighted by atomic mass is 10.1. The van der Waals surface area contributed by atoms with Crippen molar-refractivity contribution in [3.8, 4) is 0 Å². The van der Waals surface area contributed by atoms with Crippen molar-refractivity contribution in [2.45, 2.75) is 6.54 Å². The molecule has 1 amide bonds. The summed E-state index contributed by atoms with van der Waals surface area (Å²) >= 11 is 0. The summed E-state index contributed by atoms with van der Waals surface area (Å²) in [6.07, 6.45) is 0. The lowest BCUT2D eigenvalue weighted by Crippen LogP contribution is -2.36. The van der Waals surface area contributed by atoms with Gasteiger partial charge in [0.05, 0.1) is 18.1 Å². The molecule has 1 aromatic carbocycles. The number of carbonyl (C=O) groups is 1. The Bertz CT molecular complexity index is 507. The van der Waals surface area contributed by atoms with Crippen LogP contribution in [0.4, 0.5) is 11.4 Å². The molecule has 116 valence electrons. The first-order valence-electron chi connectivity index (χ1n) is 6.41. The number of methoxy groups -OCH3 is 1.